The molecule has 2 atom stereocenters. The average Bonchev–Trinajstić information content (AvgIpc) is 2.46. The fraction of sp³-hybridized carbons (Fsp3) is 0.600. The Balaban J connectivity index is 2.12. The normalized spacial score (nSPS) is 21.9. The van der Waals surface area contributed by atoms with Crippen molar-refractivity contribution in [2.75, 3.05) is 25.1 Å². The van der Waals surface area contributed by atoms with Crippen molar-refractivity contribution in [2.24, 2.45) is 0 Å². The highest BCUT2D eigenvalue weighted by atomic mass is 16.3. The number of nitrogens with zero attached hydrogens (tertiary/aromatic N) is 1. The van der Waals surface area contributed by atoms with E-state index in [1.54, 1.807) is 0 Å². The minimum absolute atomic E-state index is 0.259. The van der Waals surface area contributed by atoms with Crippen molar-refractivity contribution in [2.45, 2.75) is 38.3 Å². The molecule has 2 rings (SSSR count). The van der Waals surface area contributed by atoms with Gasteiger partial charge >= 0.3 is 0 Å². The average molecular weight is 248 g/mol. The standard InChI is InChI=1S/C15H24N2O/c1-12(16-2)13-6-8-14(9-7-13)17-10-4-3-5-15(17)11-18/h6-9,12,15-16,18H,3-5,10-11H2,1-2H3. The van der Waals surface area contributed by atoms with Crippen LogP contribution < -0.4 is 10.2 Å². The molecule has 1 aromatic carbocycles. The van der Waals surface area contributed by atoms with Crippen LogP contribution in [0.1, 0.15) is 37.8 Å². The summed E-state index contributed by atoms with van der Waals surface area (Å²) in [5.41, 5.74) is 2.54. The Morgan fingerprint density at radius 2 is 2.06 bits per heavy atom. The van der Waals surface area contributed by atoms with Crippen LogP contribution in [0.15, 0.2) is 24.3 Å². The van der Waals surface area contributed by atoms with E-state index in [-0.39, 0.29) is 6.61 Å². The molecule has 0 amide bonds. The molecule has 3 nitrogen and oxygen atoms in total. The first kappa shape index (κ1) is 13.4. The second kappa shape index (κ2) is 6.21. The summed E-state index contributed by atoms with van der Waals surface area (Å²) >= 11 is 0. The predicted molar refractivity (Wildman–Crippen MR) is 76.0 cm³/mol. The summed E-state index contributed by atoms with van der Waals surface area (Å²) in [6.07, 6.45) is 3.56. The van der Waals surface area contributed by atoms with Crippen molar-refractivity contribution in [3.05, 3.63) is 29.8 Å². The third-order valence-electron chi connectivity index (χ3n) is 4.00. The van der Waals surface area contributed by atoms with Crippen LogP contribution in [-0.4, -0.2) is 31.3 Å². The van der Waals surface area contributed by atoms with Crippen LogP contribution in [0.2, 0.25) is 0 Å². The molecule has 2 unspecified atom stereocenters. The molecule has 1 aliphatic heterocycles. The van der Waals surface area contributed by atoms with Crippen LogP contribution in [0.4, 0.5) is 5.69 Å². The maximum Gasteiger partial charge on any atom is 0.0635 e. The van der Waals surface area contributed by atoms with Gasteiger partial charge in [0.25, 0.3) is 0 Å². The molecule has 1 fully saturated rings. The molecule has 18 heavy (non-hydrogen) atoms. The van der Waals surface area contributed by atoms with Gasteiger partial charge in [-0.1, -0.05) is 12.1 Å². The second-order valence-corrected chi connectivity index (χ2v) is 5.13. The van der Waals surface area contributed by atoms with E-state index in [1.165, 1.54) is 24.1 Å². The highest BCUT2D eigenvalue weighted by Crippen LogP contribution is 2.26. The molecule has 0 aliphatic carbocycles. The molecule has 1 aromatic rings. The largest absolute Gasteiger partial charge is 0.394 e. The van der Waals surface area contributed by atoms with Crippen molar-refractivity contribution >= 4 is 5.69 Å². The van der Waals surface area contributed by atoms with Gasteiger partial charge in [-0.2, -0.15) is 0 Å². The zero-order valence-electron chi connectivity index (χ0n) is 11.4. The maximum absolute atomic E-state index is 9.45. The first-order valence-electron chi connectivity index (χ1n) is 6.91. The van der Waals surface area contributed by atoms with Crippen LogP contribution >= 0.6 is 0 Å². The zero-order chi connectivity index (χ0) is 13.0. The lowest BCUT2D eigenvalue weighted by Gasteiger charge is -2.36. The summed E-state index contributed by atoms with van der Waals surface area (Å²) in [6, 6.07) is 9.40. The number of piperidine rings is 1. The van der Waals surface area contributed by atoms with Gasteiger partial charge in [-0.05, 0) is 50.9 Å². The zero-order valence-corrected chi connectivity index (χ0v) is 11.4. The molecule has 0 radical (unpaired) electrons. The second-order valence-electron chi connectivity index (χ2n) is 5.13. The van der Waals surface area contributed by atoms with Crippen molar-refractivity contribution < 1.29 is 5.11 Å². The number of hydrogen-bond donors (Lipinski definition) is 2. The number of nitrogens with one attached hydrogen (secondary N) is 1. The highest BCUT2D eigenvalue weighted by molar-refractivity contribution is 5.49. The molecule has 1 saturated heterocycles. The number of aliphatic hydroxyl groups is 1. The number of hydrogen-bond acceptors (Lipinski definition) is 3. The van der Waals surface area contributed by atoms with Gasteiger partial charge in [0.2, 0.25) is 0 Å². The first-order chi connectivity index (χ1) is 8.76. The third-order valence-corrected chi connectivity index (χ3v) is 4.00. The van der Waals surface area contributed by atoms with Gasteiger partial charge in [0.1, 0.15) is 0 Å². The Labute approximate surface area is 110 Å². The van der Waals surface area contributed by atoms with Gasteiger partial charge in [-0.15, -0.1) is 0 Å². The summed E-state index contributed by atoms with van der Waals surface area (Å²) in [5.74, 6) is 0. The van der Waals surface area contributed by atoms with E-state index < -0.39 is 0 Å². The Bertz CT molecular complexity index is 363. The molecule has 0 spiro atoms. The number of benzene rings is 1. The van der Waals surface area contributed by atoms with Crippen LogP contribution in [0.3, 0.4) is 0 Å². The SMILES string of the molecule is CNC(C)c1ccc(N2CCCCC2CO)cc1. The molecule has 100 valence electrons. The van der Waals surface area contributed by atoms with Crippen LogP contribution in [0.5, 0.6) is 0 Å². The number of anilines is 1. The van der Waals surface area contributed by atoms with Gasteiger partial charge in [0, 0.05) is 18.3 Å². The third kappa shape index (κ3) is 2.85. The van der Waals surface area contributed by atoms with E-state index in [0.717, 1.165) is 13.0 Å². The summed E-state index contributed by atoms with van der Waals surface area (Å²) in [5, 5.41) is 12.7. The van der Waals surface area contributed by atoms with Gasteiger partial charge in [-0.3, -0.25) is 0 Å². The summed E-state index contributed by atoms with van der Waals surface area (Å²) in [7, 11) is 1.98. The summed E-state index contributed by atoms with van der Waals surface area (Å²) in [4.78, 5) is 2.34. The maximum atomic E-state index is 9.45. The van der Waals surface area contributed by atoms with Crippen LogP contribution in [0, 0.1) is 0 Å². The molecule has 0 saturated carbocycles. The van der Waals surface area contributed by atoms with E-state index in [2.05, 4.69) is 41.4 Å². The molecular formula is C15H24N2O. The predicted octanol–water partition coefficient (Wildman–Crippen LogP) is 2.32. The lowest BCUT2D eigenvalue weighted by Crippen LogP contribution is -2.41. The molecular weight excluding hydrogens is 224 g/mol. The van der Waals surface area contributed by atoms with Crippen LogP contribution in [-0.2, 0) is 0 Å². The molecule has 0 bridgehead atoms. The van der Waals surface area contributed by atoms with Gasteiger partial charge in [-0.25, -0.2) is 0 Å². The molecule has 1 aliphatic rings. The van der Waals surface area contributed by atoms with E-state index >= 15 is 0 Å². The Kier molecular flexibility index (Phi) is 4.61. The highest BCUT2D eigenvalue weighted by Gasteiger charge is 2.21. The van der Waals surface area contributed by atoms with E-state index in [0.29, 0.717) is 12.1 Å². The van der Waals surface area contributed by atoms with E-state index in [1.807, 2.05) is 7.05 Å². The minimum Gasteiger partial charge on any atom is -0.394 e. The smallest absolute Gasteiger partial charge is 0.0635 e. The van der Waals surface area contributed by atoms with Crippen molar-refractivity contribution in [1.82, 2.24) is 5.32 Å². The van der Waals surface area contributed by atoms with Crippen LogP contribution in [0.25, 0.3) is 0 Å². The van der Waals surface area contributed by atoms with Crippen molar-refractivity contribution in [3.8, 4) is 0 Å². The van der Waals surface area contributed by atoms with E-state index in [9.17, 15) is 5.11 Å². The molecule has 2 N–H and O–H groups in total. The Morgan fingerprint density at radius 1 is 1.33 bits per heavy atom. The first-order valence-corrected chi connectivity index (χ1v) is 6.91. The van der Waals surface area contributed by atoms with Gasteiger partial charge in [0.05, 0.1) is 12.6 Å². The Morgan fingerprint density at radius 3 is 2.67 bits per heavy atom. The quantitative estimate of drug-likeness (QED) is 0.858. The van der Waals surface area contributed by atoms with Crippen molar-refractivity contribution in [1.29, 1.82) is 0 Å². The topological polar surface area (TPSA) is 35.5 Å². The Hall–Kier alpha value is -1.06. The lowest BCUT2D eigenvalue weighted by molar-refractivity contribution is 0.240. The van der Waals surface area contributed by atoms with E-state index in [4.69, 9.17) is 0 Å². The molecule has 1 heterocycles. The minimum atomic E-state index is 0.259. The summed E-state index contributed by atoms with van der Waals surface area (Å²) in [6.45, 7) is 3.48. The lowest BCUT2D eigenvalue weighted by atomic mass is 10.0. The number of aliphatic hydroxyl groups excluding tert-OH is 1. The van der Waals surface area contributed by atoms with Gasteiger partial charge in [0.15, 0.2) is 0 Å². The summed E-state index contributed by atoms with van der Waals surface area (Å²) < 4.78 is 0. The molecule has 3 heteroatoms. The van der Waals surface area contributed by atoms with Gasteiger partial charge < -0.3 is 15.3 Å². The number of rotatable bonds is 4. The fourth-order valence-electron chi connectivity index (χ4n) is 2.65. The monoisotopic (exact) mass is 248 g/mol. The molecule has 0 aromatic heterocycles. The fourth-order valence-corrected chi connectivity index (χ4v) is 2.65. The van der Waals surface area contributed by atoms with Crippen molar-refractivity contribution in [3.63, 3.8) is 0 Å².